The molecule has 0 fully saturated rings. The largest absolute Gasteiger partial charge is 0.493 e. The molecule has 0 N–H and O–H groups in total. The minimum Gasteiger partial charge on any atom is -0.493 e. The summed E-state index contributed by atoms with van der Waals surface area (Å²) < 4.78 is 45.9. The van der Waals surface area contributed by atoms with Crippen LogP contribution in [-0.4, -0.2) is 25.6 Å². The molecule has 3 aromatic carbocycles. The maximum atomic E-state index is 14.5. The molecule has 0 aromatic heterocycles. The zero-order valence-corrected chi connectivity index (χ0v) is 22.2. The summed E-state index contributed by atoms with van der Waals surface area (Å²) in [6, 6.07) is 23.3. The molecular weight excluding hydrogens is 530 g/mol. The molecule has 9 heteroatoms. The van der Waals surface area contributed by atoms with Crippen molar-refractivity contribution < 1.29 is 22.9 Å². The minimum atomic E-state index is -3.68. The Kier molecular flexibility index (Phi) is 8.85. The highest BCUT2D eigenvalue weighted by atomic mass is 79.9. The van der Waals surface area contributed by atoms with Crippen molar-refractivity contribution in [2.24, 2.45) is 0 Å². The lowest BCUT2D eigenvalue weighted by molar-refractivity contribution is 0.332. The summed E-state index contributed by atoms with van der Waals surface area (Å²) in [5.74, 6) is 0.608. The molecule has 3 rings (SSSR count). The Morgan fingerprint density at radius 1 is 0.844 bits per heavy atom. The van der Waals surface area contributed by atoms with Crippen LogP contribution in [0.5, 0.6) is 5.75 Å². The molecule has 2 atom stereocenters. The van der Waals surface area contributed by atoms with E-state index in [4.69, 9.17) is 13.8 Å². The smallest absolute Gasteiger partial charge is 0.254 e. The molecule has 2 unspecified atom stereocenters. The molecule has 5 nitrogen and oxygen atoms in total. The van der Waals surface area contributed by atoms with Crippen molar-refractivity contribution in [3.05, 3.63) is 83.3 Å². The second kappa shape index (κ2) is 11.2. The molecule has 0 aliphatic rings. The monoisotopic (exact) mass is 554 g/mol. The van der Waals surface area contributed by atoms with Crippen LogP contribution >= 0.6 is 42.4 Å². The first-order valence-electron chi connectivity index (χ1n) is 9.90. The van der Waals surface area contributed by atoms with E-state index in [1.165, 1.54) is 26.0 Å². The van der Waals surface area contributed by atoms with Crippen LogP contribution in [0.2, 0.25) is 0 Å². The summed E-state index contributed by atoms with van der Waals surface area (Å²) in [7, 11) is -4.59. The molecule has 0 radical (unpaired) electrons. The number of hydrogen-bond donors (Lipinski definition) is 0. The molecule has 0 saturated carbocycles. The Morgan fingerprint density at radius 2 is 1.34 bits per heavy atom. The number of ether oxygens (including phenoxy) is 1. The summed E-state index contributed by atoms with van der Waals surface area (Å²) in [6.07, 6.45) is 0. The molecule has 32 heavy (non-hydrogen) atoms. The highest BCUT2D eigenvalue weighted by molar-refractivity contribution is 9.10. The third-order valence-corrected chi connectivity index (χ3v) is 14.5. The average Bonchev–Trinajstić information content (AvgIpc) is 2.84. The predicted octanol–water partition coefficient (Wildman–Crippen LogP) is 6.72. The lowest BCUT2D eigenvalue weighted by atomic mass is 10.3. The zero-order valence-electron chi connectivity index (χ0n) is 18.0. The van der Waals surface area contributed by atoms with E-state index in [1.54, 1.807) is 48.5 Å². The van der Waals surface area contributed by atoms with Gasteiger partial charge in [0, 0.05) is 29.3 Å². The van der Waals surface area contributed by atoms with Crippen molar-refractivity contribution in [3.8, 4) is 5.75 Å². The van der Waals surface area contributed by atoms with E-state index in [9.17, 15) is 9.13 Å². The molecule has 0 spiro atoms. The van der Waals surface area contributed by atoms with Crippen molar-refractivity contribution in [3.63, 3.8) is 0 Å². The van der Waals surface area contributed by atoms with Gasteiger partial charge in [-0.25, -0.2) is 0 Å². The molecule has 0 saturated heterocycles. The quantitative estimate of drug-likeness (QED) is 0.205. The molecule has 0 aliphatic heterocycles. The third-order valence-electron chi connectivity index (χ3n) is 4.79. The van der Waals surface area contributed by atoms with Crippen molar-refractivity contribution in [2.75, 3.05) is 20.8 Å². The number of benzene rings is 3. The number of hydrogen-bond acceptors (Lipinski definition) is 6. The molecule has 0 amide bonds. The van der Waals surface area contributed by atoms with Crippen molar-refractivity contribution >= 4 is 53.0 Å². The average molecular weight is 555 g/mol. The van der Waals surface area contributed by atoms with Gasteiger partial charge < -0.3 is 13.8 Å². The highest BCUT2D eigenvalue weighted by Gasteiger charge is 2.50. The van der Waals surface area contributed by atoms with E-state index in [2.05, 4.69) is 15.9 Å². The van der Waals surface area contributed by atoms with Crippen LogP contribution < -0.4 is 15.3 Å². The second-order valence-corrected chi connectivity index (χ2v) is 15.1. The fourth-order valence-electron chi connectivity index (χ4n) is 3.22. The van der Waals surface area contributed by atoms with Crippen LogP contribution in [0.1, 0.15) is 6.92 Å². The van der Waals surface area contributed by atoms with Gasteiger partial charge in [0.05, 0.1) is 11.5 Å². The topological polar surface area (TPSA) is 61.8 Å². The van der Waals surface area contributed by atoms with Crippen LogP contribution in [0.25, 0.3) is 0 Å². The molecule has 0 aliphatic carbocycles. The van der Waals surface area contributed by atoms with Crippen molar-refractivity contribution in [2.45, 2.75) is 16.6 Å². The molecule has 3 aromatic rings. The minimum absolute atomic E-state index is 0.459. The number of thioether (sulfide) groups is 1. The Labute approximate surface area is 201 Å². The first-order chi connectivity index (χ1) is 15.4. The van der Waals surface area contributed by atoms with Gasteiger partial charge in [-0.1, -0.05) is 64.1 Å². The van der Waals surface area contributed by atoms with Crippen LogP contribution in [0.4, 0.5) is 0 Å². The van der Waals surface area contributed by atoms with Gasteiger partial charge in [-0.3, -0.25) is 9.13 Å². The van der Waals surface area contributed by atoms with E-state index in [-0.39, 0.29) is 0 Å². The van der Waals surface area contributed by atoms with Gasteiger partial charge in [0.25, 0.3) is 14.7 Å². The van der Waals surface area contributed by atoms with Gasteiger partial charge in [0.2, 0.25) is 0 Å². The van der Waals surface area contributed by atoms with Crippen LogP contribution in [-0.2, 0) is 18.2 Å². The SMILES string of the molecule is CCOc1ccc(Br)cc1SC(P(=O)(OC)c1ccccc1)P(=O)(OC)c1ccccc1. The van der Waals surface area contributed by atoms with Gasteiger partial charge in [-0.05, 0) is 49.4 Å². The summed E-state index contributed by atoms with van der Waals surface area (Å²) in [6.45, 7) is 2.35. The molecule has 0 bridgehead atoms. The summed E-state index contributed by atoms with van der Waals surface area (Å²) in [5.41, 5.74) is 0. The lowest BCUT2D eigenvalue weighted by Crippen LogP contribution is -2.22. The normalized spacial score (nSPS) is 16.0. The first-order valence-corrected chi connectivity index (χ1v) is 15.0. The first kappa shape index (κ1) is 25.3. The van der Waals surface area contributed by atoms with Crippen LogP contribution in [0.15, 0.2) is 88.2 Å². The Balaban J connectivity index is 2.24. The number of rotatable bonds is 10. The van der Waals surface area contributed by atoms with E-state index >= 15 is 0 Å². The Bertz CT molecular complexity index is 1070. The van der Waals surface area contributed by atoms with Gasteiger partial charge in [0.1, 0.15) is 5.75 Å². The molecule has 170 valence electrons. The van der Waals surface area contributed by atoms with Crippen LogP contribution in [0.3, 0.4) is 0 Å². The van der Waals surface area contributed by atoms with Crippen molar-refractivity contribution in [1.82, 2.24) is 0 Å². The third kappa shape index (κ3) is 5.25. The predicted molar refractivity (Wildman–Crippen MR) is 136 cm³/mol. The molecular formula is C23H25BrO5P2S. The second-order valence-electron chi connectivity index (χ2n) is 6.70. The van der Waals surface area contributed by atoms with E-state index < -0.39 is 19.5 Å². The number of halogens is 1. The van der Waals surface area contributed by atoms with Crippen LogP contribution in [0, 0.1) is 0 Å². The Morgan fingerprint density at radius 3 is 1.78 bits per heavy atom. The maximum absolute atomic E-state index is 14.5. The fourth-order valence-corrected chi connectivity index (χ4v) is 12.9. The van der Waals surface area contributed by atoms with E-state index in [0.717, 1.165) is 4.47 Å². The van der Waals surface area contributed by atoms with Gasteiger partial charge in [-0.2, -0.15) is 0 Å². The van der Waals surface area contributed by atoms with E-state index in [1.807, 2.05) is 37.3 Å². The summed E-state index contributed by atoms with van der Waals surface area (Å²) >= 11 is 4.68. The molecule has 0 heterocycles. The van der Waals surface area contributed by atoms with E-state index in [0.29, 0.717) is 27.9 Å². The summed E-state index contributed by atoms with van der Waals surface area (Å²) in [5, 5.41) is 0.947. The summed E-state index contributed by atoms with van der Waals surface area (Å²) in [4.78, 5) is 0.688. The zero-order chi connectivity index (χ0) is 23.2. The van der Waals surface area contributed by atoms with Gasteiger partial charge in [0.15, 0.2) is 4.73 Å². The van der Waals surface area contributed by atoms with Crippen molar-refractivity contribution in [1.29, 1.82) is 0 Å². The fraction of sp³-hybridized carbons (Fsp3) is 0.217. The standard InChI is InChI=1S/C23H25BrO5P2S/c1-4-29-21-16-15-18(24)17-22(21)32-23(30(25,27-2)19-11-7-5-8-12-19)31(26,28-3)20-13-9-6-10-14-20/h5-17,23H,4H2,1-3H3. The Hall–Kier alpha value is -1.33. The highest BCUT2D eigenvalue weighted by Crippen LogP contribution is 2.72. The lowest BCUT2D eigenvalue weighted by Gasteiger charge is -2.32. The van der Waals surface area contributed by atoms with Gasteiger partial charge >= 0.3 is 0 Å². The van der Waals surface area contributed by atoms with Gasteiger partial charge in [-0.15, -0.1) is 0 Å². The maximum Gasteiger partial charge on any atom is 0.254 e.